The number of phenolic OH excluding ortho intramolecular Hbond substituents is 1. The minimum Gasteiger partial charge on any atom is -0.508 e. The maximum Gasteiger partial charge on any atom is 0.241 e. The van der Waals surface area contributed by atoms with E-state index in [1.54, 1.807) is 54.6 Å². The van der Waals surface area contributed by atoms with Gasteiger partial charge in [-0.3, -0.25) is 24.1 Å². The Bertz CT molecular complexity index is 1760. The van der Waals surface area contributed by atoms with Crippen LogP contribution in [0.25, 0.3) is 6.08 Å². The Labute approximate surface area is 255 Å². The molecule has 8 nitrogen and oxygen atoms in total. The molecule has 0 radical (unpaired) electrons. The van der Waals surface area contributed by atoms with Gasteiger partial charge in [-0.1, -0.05) is 60.7 Å². The standard InChI is InChI=1S/C36H32N2O6/c1-4-20-10-12-22(13-11-20)37-32(40)26-17-16-24-27(30(26)34(37)42)19-28-33(41)38(21-8-6-5-7-9-21)35(43)36(28,2)31(24)25-15-14-23(39)18-29(25)44-3/h4-16,18,26-28,30-31,39H,1,17,19H2,2-3H3/t26-,27+,28-,30-,31+,36+/m0/s1. The number of carbonyl (C=O) groups is 4. The second-order valence-electron chi connectivity index (χ2n) is 12.2. The number of nitrogens with zero attached hydrogens (tertiary/aromatic N) is 2. The van der Waals surface area contributed by atoms with Gasteiger partial charge in [-0.05, 0) is 61.6 Å². The maximum absolute atomic E-state index is 14.5. The van der Waals surface area contributed by atoms with Gasteiger partial charge in [0, 0.05) is 17.5 Å². The fourth-order valence-corrected chi connectivity index (χ4v) is 8.13. The van der Waals surface area contributed by atoms with Crippen molar-refractivity contribution >= 4 is 41.1 Å². The van der Waals surface area contributed by atoms with Crippen LogP contribution in [0.5, 0.6) is 11.5 Å². The third-order valence-electron chi connectivity index (χ3n) is 10.2. The van der Waals surface area contributed by atoms with E-state index in [-0.39, 0.29) is 35.8 Å². The summed E-state index contributed by atoms with van der Waals surface area (Å²) in [5, 5.41) is 10.3. The molecule has 0 aromatic heterocycles. The van der Waals surface area contributed by atoms with Crippen molar-refractivity contribution in [1.29, 1.82) is 0 Å². The predicted octanol–water partition coefficient (Wildman–Crippen LogP) is 5.48. The molecule has 2 aliphatic carbocycles. The Morgan fingerprint density at radius 1 is 0.886 bits per heavy atom. The fourth-order valence-electron chi connectivity index (χ4n) is 8.13. The lowest BCUT2D eigenvalue weighted by molar-refractivity contribution is -0.131. The highest BCUT2D eigenvalue weighted by atomic mass is 16.5. The molecule has 1 N–H and O–H groups in total. The molecule has 0 unspecified atom stereocenters. The van der Waals surface area contributed by atoms with Crippen LogP contribution in [0, 0.1) is 29.1 Å². The molecule has 4 amide bonds. The van der Waals surface area contributed by atoms with Crippen LogP contribution < -0.4 is 14.5 Å². The lowest BCUT2D eigenvalue weighted by Gasteiger charge is -2.49. The van der Waals surface area contributed by atoms with Crippen molar-refractivity contribution in [1.82, 2.24) is 0 Å². The minimum atomic E-state index is -1.20. The summed E-state index contributed by atoms with van der Waals surface area (Å²) in [5.74, 6) is -3.87. The number of allylic oxidation sites excluding steroid dienone is 2. The average Bonchev–Trinajstić information content (AvgIpc) is 3.41. The molecule has 8 heteroatoms. The highest BCUT2D eigenvalue weighted by molar-refractivity contribution is 6.25. The molecule has 2 saturated heterocycles. The molecule has 3 fully saturated rings. The Balaban J connectivity index is 1.37. The highest BCUT2D eigenvalue weighted by Crippen LogP contribution is 2.64. The van der Waals surface area contributed by atoms with Gasteiger partial charge in [0.2, 0.25) is 23.6 Å². The van der Waals surface area contributed by atoms with Crippen LogP contribution in [0.3, 0.4) is 0 Å². The van der Waals surface area contributed by atoms with Gasteiger partial charge in [-0.15, -0.1) is 0 Å². The molecule has 7 rings (SSSR count). The lowest BCUT2D eigenvalue weighted by atomic mass is 9.51. The van der Waals surface area contributed by atoms with Crippen LogP contribution in [0.15, 0.2) is 91.0 Å². The van der Waals surface area contributed by atoms with Gasteiger partial charge in [0.25, 0.3) is 0 Å². The smallest absolute Gasteiger partial charge is 0.241 e. The number of para-hydroxylation sites is 1. The summed E-state index contributed by atoms with van der Waals surface area (Å²) >= 11 is 0. The lowest BCUT2D eigenvalue weighted by Crippen LogP contribution is -2.49. The first kappa shape index (κ1) is 27.8. The van der Waals surface area contributed by atoms with Crippen molar-refractivity contribution in [2.24, 2.45) is 29.1 Å². The summed E-state index contributed by atoms with van der Waals surface area (Å²) in [4.78, 5) is 59.3. The number of methoxy groups -OCH3 is 1. The van der Waals surface area contributed by atoms with E-state index < -0.39 is 35.0 Å². The number of aromatic hydroxyl groups is 1. The van der Waals surface area contributed by atoms with Crippen LogP contribution >= 0.6 is 0 Å². The molecule has 4 aliphatic rings. The van der Waals surface area contributed by atoms with Gasteiger partial charge in [0.05, 0.1) is 41.7 Å². The molecule has 0 spiro atoms. The molecule has 0 bridgehead atoms. The number of benzene rings is 3. The van der Waals surface area contributed by atoms with Gasteiger partial charge >= 0.3 is 0 Å². The zero-order valence-corrected chi connectivity index (χ0v) is 24.5. The van der Waals surface area contributed by atoms with E-state index in [0.29, 0.717) is 29.1 Å². The quantitative estimate of drug-likeness (QED) is 0.313. The largest absolute Gasteiger partial charge is 0.508 e. The van der Waals surface area contributed by atoms with Crippen LogP contribution in [-0.4, -0.2) is 35.8 Å². The number of imide groups is 2. The summed E-state index contributed by atoms with van der Waals surface area (Å²) in [5.41, 5.74) is 2.18. The summed E-state index contributed by atoms with van der Waals surface area (Å²) in [6.45, 7) is 5.61. The number of hydrogen-bond acceptors (Lipinski definition) is 6. The Kier molecular flexibility index (Phi) is 6.35. The summed E-state index contributed by atoms with van der Waals surface area (Å²) in [7, 11) is 1.50. The predicted molar refractivity (Wildman–Crippen MR) is 165 cm³/mol. The maximum atomic E-state index is 14.5. The zero-order chi connectivity index (χ0) is 30.9. The van der Waals surface area contributed by atoms with Crippen molar-refractivity contribution in [3.8, 4) is 11.5 Å². The Morgan fingerprint density at radius 2 is 1.59 bits per heavy atom. The summed E-state index contributed by atoms with van der Waals surface area (Å²) < 4.78 is 5.71. The number of amides is 4. The highest BCUT2D eigenvalue weighted by Gasteiger charge is 2.68. The van der Waals surface area contributed by atoms with Crippen molar-refractivity contribution in [3.63, 3.8) is 0 Å². The number of ether oxygens (including phenoxy) is 1. The Morgan fingerprint density at radius 3 is 2.27 bits per heavy atom. The molecule has 6 atom stereocenters. The van der Waals surface area contributed by atoms with Crippen LogP contribution in [0.1, 0.15) is 36.8 Å². The number of rotatable bonds is 5. The minimum absolute atomic E-state index is 0.00627. The van der Waals surface area contributed by atoms with E-state index in [1.807, 2.05) is 31.2 Å². The van der Waals surface area contributed by atoms with E-state index in [4.69, 9.17) is 4.74 Å². The van der Waals surface area contributed by atoms with Gasteiger partial charge in [0.15, 0.2) is 0 Å². The van der Waals surface area contributed by atoms with Crippen molar-refractivity contribution in [3.05, 3.63) is 102 Å². The molecule has 222 valence electrons. The average molecular weight is 589 g/mol. The monoisotopic (exact) mass is 588 g/mol. The van der Waals surface area contributed by atoms with E-state index in [2.05, 4.69) is 6.58 Å². The first-order valence-electron chi connectivity index (χ1n) is 14.8. The molecule has 44 heavy (non-hydrogen) atoms. The molecule has 2 aliphatic heterocycles. The second kappa shape index (κ2) is 10.0. The molecule has 2 heterocycles. The van der Waals surface area contributed by atoms with E-state index in [1.165, 1.54) is 23.0 Å². The molecule has 1 saturated carbocycles. The number of fused-ring (bicyclic) bond motifs is 4. The number of hydrogen-bond donors (Lipinski definition) is 1. The van der Waals surface area contributed by atoms with Crippen LogP contribution in [0.4, 0.5) is 11.4 Å². The van der Waals surface area contributed by atoms with E-state index in [9.17, 15) is 24.3 Å². The van der Waals surface area contributed by atoms with Crippen molar-refractivity contribution in [2.75, 3.05) is 16.9 Å². The zero-order valence-electron chi connectivity index (χ0n) is 24.5. The van der Waals surface area contributed by atoms with Gasteiger partial charge in [0.1, 0.15) is 11.5 Å². The SMILES string of the molecule is C=Cc1ccc(N2C(=O)[C@H]3[C@H](CC=C4[C@H]3C[C@H]3C(=O)N(c5ccccc5)C(=O)[C@@]3(C)[C@H]4c3ccc(O)cc3OC)C2=O)cc1. The Hall–Kier alpha value is -4.98. The van der Waals surface area contributed by atoms with E-state index >= 15 is 0 Å². The number of carbonyl (C=O) groups excluding carboxylic acids is 4. The third-order valence-corrected chi connectivity index (χ3v) is 10.2. The molecule has 3 aromatic rings. The molecule has 3 aromatic carbocycles. The first-order valence-corrected chi connectivity index (χ1v) is 14.8. The topological polar surface area (TPSA) is 104 Å². The normalized spacial score (nSPS) is 29.2. The van der Waals surface area contributed by atoms with Gasteiger partial charge in [-0.25, -0.2) is 4.90 Å². The second-order valence-corrected chi connectivity index (χ2v) is 12.2. The van der Waals surface area contributed by atoms with E-state index in [0.717, 1.165) is 11.1 Å². The number of phenols is 1. The van der Waals surface area contributed by atoms with Crippen LogP contribution in [0.2, 0.25) is 0 Å². The van der Waals surface area contributed by atoms with Gasteiger partial charge < -0.3 is 9.84 Å². The number of anilines is 2. The molecular formula is C36H32N2O6. The van der Waals surface area contributed by atoms with Crippen molar-refractivity contribution < 1.29 is 29.0 Å². The first-order chi connectivity index (χ1) is 21.2. The summed E-state index contributed by atoms with van der Waals surface area (Å²) in [6.07, 6.45) is 4.30. The molecular weight excluding hydrogens is 556 g/mol. The third kappa shape index (κ3) is 3.76. The van der Waals surface area contributed by atoms with Crippen molar-refractivity contribution in [2.45, 2.75) is 25.7 Å². The summed E-state index contributed by atoms with van der Waals surface area (Å²) in [6, 6.07) is 20.8. The fraction of sp³-hybridized carbons (Fsp3) is 0.278. The van der Waals surface area contributed by atoms with Gasteiger partial charge in [-0.2, -0.15) is 0 Å². The van der Waals surface area contributed by atoms with Crippen LogP contribution in [-0.2, 0) is 19.2 Å².